The predicted molar refractivity (Wildman–Crippen MR) is 106 cm³/mol. The van der Waals surface area contributed by atoms with E-state index in [1.54, 1.807) is 43.5 Å². The zero-order valence-corrected chi connectivity index (χ0v) is 16.0. The number of carboxylic acid groups (broad SMARTS) is 1. The minimum Gasteiger partial charge on any atom is -0.495 e. The Bertz CT molecular complexity index is 1010. The summed E-state index contributed by atoms with van der Waals surface area (Å²) in [5, 5.41) is 12.2. The minimum absolute atomic E-state index is 0.422. The van der Waals surface area contributed by atoms with Crippen molar-refractivity contribution in [2.24, 2.45) is 0 Å². The molecule has 0 saturated heterocycles. The number of nitrogens with one attached hydrogen (secondary N) is 1. The Balaban J connectivity index is 1.96. The maximum atomic E-state index is 12.9. The van der Waals surface area contributed by atoms with Gasteiger partial charge in [-0.1, -0.05) is 42.5 Å². The van der Waals surface area contributed by atoms with Crippen molar-refractivity contribution in [3.8, 4) is 11.4 Å². The van der Waals surface area contributed by atoms with Gasteiger partial charge in [-0.25, -0.2) is 4.79 Å². The van der Waals surface area contributed by atoms with Gasteiger partial charge in [-0.2, -0.15) is 0 Å². The second kappa shape index (κ2) is 8.00. The fourth-order valence-electron chi connectivity index (χ4n) is 3.32. The molecule has 0 fully saturated rings. The highest BCUT2D eigenvalue weighted by Crippen LogP contribution is 2.28. The summed E-state index contributed by atoms with van der Waals surface area (Å²) in [7, 11) is 1.60. The van der Waals surface area contributed by atoms with E-state index >= 15 is 0 Å². The van der Waals surface area contributed by atoms with Crippen LogP contribution in [-0.4, -0.2) is 28.7 Å². The standard InChI is InChI=1S/C22H22N2O4/c1-14-13-17(15(2)24(14)18-11-7-8-12-19(18)28-3)21(25)23-20(22(26)27)16-9-5-4-6-10-16/h4-13,20H,1-3H3,(H,23,25)(H,26,27). The van der Waals surface area contributed by atoms with E-state index in [4.69, 9.17) is 4.74 Å². The molecule has 0 aliphatic rings. The number of benzene rings is 2. The predicted octanol–water partition coefficient (Wildman–Crippen LogP) is 3.66. The molecule has 28 heavy (non-hydrogen) atoms. The summed E-state index contributed by atoms with van der Waals surface area (Å²) < 4.78 is 7.36. The summed E-state index contributed by atoms with van der Waals surface area (Å²) in [6, 6.07) is 16.8. The number of hydrogen-bond acceptors (Lipinski definition) is 3. The molecule has 1 aromatic heterocycles. The topological polar surface area (TPSA) is 80.6 Å². The number of methoxy groups -OCH3 is 1. The third-order valence-corrected chi connectivity index (χ3v) is 4.66. The Morgan fingerprint density at radius 1 is 1.04 bits per heavy atom. The highest BCUT2D eigenvalue weighted by atomic mass is 16.5. The molecule has 3 rings (SSSR count). The van der Waals surface area contributed by atoms with E-state index in [0.717, 1.165) is 11.4 Å². The monoisotopic (exact) mass is 378 g/mol. The van der Waals surface area contributed by atoms with Crippen molar-refractivity contribution in [2.45, 2.75) is 19.9 Å². The highest BCUT2D eigenvalue weighted by molar-refractivity contribution is 5.98. The molecule has 0 aliphatic heterocycles. The third-order valence-electron chi connectivity index (χ3n) is 4.66. The van der Waals surface area contributed by atoms with Crippen LogP contribution in [0.25, 0.3) is 5.69 Å². The summed E-state index contributed by atoms with van der Waals surface area (Å²) in [5.41, 5.74) is 3.31. The molecule has 3 aromatic rings. The number of carbonyl (C=O) groups excluding carboxylic acids is 1. The van der Waals surface area contributed by atoms with Gasteiger partial charge in [0.25, 0.3) is 5.91 Å². The van der Waals surface area contributed by atoms with Crippen LogP contribution in [0.2, 0.25) is 0 Å². The second-order valence-electron chi connectivity index (χ2n) is 6.45. The van der Waals surface area contributed by atoms with E-state index in [2.05, 4.69) is 5.32 Å². The molecule has 1 unspecified atom stereocenters. The summed E-state index contributed by atoms with van der Waals surface area (Å²) in [6.07, 6.45) is 0. The van der Waals surface area contributed by atoms with Crippen LogP contribution in [0.4, 0.5) is 0 Å². The van der Waals surface area contributed by atoms with Crippen molar-refractivity contribution in [3.05, 3.63) is 83.2 Å². The largest absolute Gasteiger partial charge is 0.495 e. The first-order valence-electron chi connectivity index (χ1n) is 8.85. The van der Waals surface area contributed by atoms with E-state index in [1.165, 1.54) is 0 Å². The number of ether oxygens (including phenoxy) is 1. The zero-order chi connectivity index (χ0) is 20.3. The van der Waals surface area contributed by atoms with Crippen molar-refractivity contribution >= 4 is 11.9 Å². The number of hydrogen-bond donors (Lipinski definition) is 2. The molecule has 0 spiro atoms. The fourth-order valence-corrected chi connectivity index (χ4v) is 3.32. The van der Waals surface area contributed by atoms with Gasteiger partial charge in [-0.15, -0.1) is 0 Å². The molecule has 1 heterocycles. The number of amides is 1. The van der Waals surface area contributed by atoms with Crippen molar-refractivity contribution in [1.29, 1.82) is 0 Å². The van der Waals surface area contributed by atoms with Crippen molar-refractivity contribution < 1.29 is 19.4 Å². The van der Waals surface area contributed by atoms with Crippen LogP contribution in [0.1, 0.15) is 33.4 Å². The first-order chi connectivity index (χ1) is 13.4. The van der Waals surface area contributed by atoms with E-state index in [9.17, 15) is 14.7 Å². The molecule has 2 N–H and O–H groups in total. The Labute approximate surface area is 163 Å². The van der Waals surface area contributed by atoms with E-state index in [0.29, 0.717) is 22.6 Å². The molecule has 0 aliphatic carbocycles. The van der Waals surface area contributed by atoms with Gasteiger partial charge in [0.15, 0.2) is 6.04 Å². The number of nitrogens with zero attached hydrogens (tertiary/aromatic N) is 1. The normalized spacial score (nSPS) is 11.7. The smallest absolute Gasteiger partial charge is 0.330 e. The molecule has 1 atom stereocenters. The van der Waals surface area contributed by atoms with Crippen LogP contribution in [0.5, 0.6) is 5.75 Å². The minimum atomic E-state index is -1.12. The second-order valence-corrected chi connectivity index (χ2v) is 6.45. The van der Waals surface area contributed by atoms with Crippen LogP contribution in [0, 0.1) is 13.8 Å². The summed E-state index contributed by atoms with van der Waals surface area (Å²) in [6.45, 7) is 3.72. The molecule has 1 amide bonds. The number of carbonyl (C=O) groups is 2. The van der Waals surface area contributed by atoms with E-state index in [-0.39, 0.29) is 0 Å². The number of aliphatic carboxylic acids is 1. The van der Waals surface area contributed by atoms with Gasteiger partial charge in [0.05, 0.1) is 18.4 Å². The lowest BCUT2D eigenvalue weighted by molar-refractivity contribution is -0.139. The number of aromatic nitrogens is 1. The number of carboxylic acids is 1. The van der Waals surface area contributed by atoms with Gasteiger partial charge in [0.2, 0.25) is 0 Å². The Morgan fingerprint density at radius 2 is 1.68 bits per heavy atom. The average Bonchev–Trinajstić information content (AvgIpc) is 3.00. The van der Waals surface area contributed by atoms with Crippen molar-refractivity contribution in [2.75, 3.05) is 7.11 Å². The van der Waals surface area contributed by atoms with Gasteiger partial charge in [-0.3, -0.25) is 4.79 Å². The lowest BCUT2D eigenvalue weighted by Gasteiger charge is -2.16. The quantitative estimate of drug-likeness (QED) is 0.686. The molecule has 0 bridgehead atoms. The first-order valence-corrected chi connectivity index (χ1v) is 8.85. The number of aryl methyl sites for hydroxylation is 1. The molecule has 0 radical (unpaired) electrons. The van der Waals surface area contributed by atoms with Crippen LogP contribution < -0.4 is 10.1 Å². The molecule has 6 nitrogen and oxygen atoms in total. The van der Waals surface area contributed by atoms with Crippen LogP contribution in [0.3, 0.4) is 0 Å². The average molecular weight is 378 g/mol. The lowest BCUT2D eigenvalue weighted by Crippen LogP contribution is -2.34. The van der Waals surface area contributed by atoms with Crippen molar-refractivity contribution in [1.82, 2.24) is 9.88 Å². The SMILES string of the molecule is COc1ccccc1-n1c(C)cc(C(=O)NC(C(=O)O)c2ccccc2)c1C. The van der Waals surface area contributed by atoms with Crippen LogP contribution in [-0.2, 0) is 4.79 Å². The molecule has 2 aromatic carbocycles. The molecule has 0 saturated carbocycles. The molecule has 6 heteroatoms. The highest BCUT2D eigenvalue weighted by Gasteiger charge is 2.25. The molecular weight excluding hydrogens is 356 g/mol. The van der Waals surface area contributed by atoms with Crippen molar-refractivity contribution in [3.63, 3.8) is 0 Å². The Morgan fingerprint density at radius 3 is 2.32 bits per heavy atom. The van der Waals surface area contributed by atoms with E-state index < -0.39 is 17.9 Å². The van der Waals surface area contributed by atoms with Crippen LogP contribution in [0.15, 0.2) is 60.7 Å². The summed E-state index contributed by atoms with van der Waals surface area (Å²) in [4.78, 5) is 24.6. The molecule has 144 valence electrons. The summed E-state index contributed by atoms with van der Waals surface area (Å²) >= 11 is 0. The Hall–Kier alpha value is -3.54. The maximum absolute atomic E-state index is 12.9. The van der Waals surface area contributed by atoms with Gasteiger partial charge in [-0.05, 0) is 37.6 Å². The Kier molecular flexibility index (Phi) is 5.49. The summed E-state index contributed by atoms with van der Waals surface area (Å²) in [5.74, 6) is -0.868. The van der Waals surface area contributed by atoms with Gasteiger partial charge in [0.1, 0.15) is 5.75 Å². The fraction of sp³-hybridized carbons (Fsp3) is 0.182. The first kappa shape index (κ1) is 19.2. The molecular formula is C22H22N2O4. The van der Waals surface area contributed by atoms with Gasteiger partial charge in [0, 0.05) is 11.4 Å². The van der Waals surface area contributed by atoms with E-state index in [1.807, 2.05) is 42.7 Å². The van der Waals surface area contributed by atoms with Gasteiger partial charge >= 0.3 is 5.97 Å². The lowest BCUT2D eigenvalue weighted by atomic mass is 10.1. The number of rotatable bonds is 6. The zero-order valence-electron chi connectivity index (χ0n) is 16.0. The third kappa shape index (κ3) is 3.62. The van der Waals surface area contributed by atoms with Gasteiger partial charge < -0.3 is 19.7 Å². The van der Waals surface area contributed by atoms with Crippen LogP contribution >= 0.6 is 0 Å². The maximum Gasteiger partial charge on any atom is 0.330 e. The number of para-hydroxylation sites is 2.